The Morgan fingerprint density at radius 1 is 0.143 bits per heavy atom. The molecule has 36 rings (SSSR count). The van der Waals surface area contributed by atoms with Gasteiger partial charge in [-0.1, -0.05) is 243 Å². The van der Waals surface area contributed by atoms with E-state index >= 15 is 0 Å². The van der Waals surface area contributed by atoms with Crippen molar-refractivity contribution >= 4 is 68.2 Å². The van der Waals surface area contributed by atoms with Crippen LogP contribution in [0.15, 0.2) is 340 Å². The molecule has 8 heteroatoms. The molecule has 0 radical (unpaired) electrons. The van der Waals surface area contributed by atoms with Crippen molar-refractivity contribution in [1.29, 1.82) is 0 Å². The van der Waals surface area contributed by atoms with Gasteiger partial charge in [0.2, 0.25) is 0 Å². The molecule has 0 spiro atoms. The molecule has 4 aromatic heterocycles. The van der Waals surface area contributed by atoms with Crippen molar-refractivity contribution in [2.24, 2.45) is 0 Å². The molecule has 0 amide bonds. The molecular weight excluding hydrogens is 1700 g/mol. The number of pyridine rings is 4. The lowest BCUT2D eigenvalue weighted by Gasteiger charge is -2.39. The van der Waals surface area contributed by atoms with Gasteiger partial charge in [-0.15, -0.1) is 0 Å². The Morgan fingerprint density at radius 2 is 0.429 bits per heavy atom. The molecule has 16 aromatic carbocycles. The number of para-hydroxylation sites is 4. The summed E-state index contributed by atoms with van der Waals surface area (Å²) in [6.07, 6.45) is 26.0. The van der Waals surface area contributed by atoms with E-state index < -0.39 is 0 Å². The lowest BCUT2D eigenvalue weighted by Crippen LogP contribution is -2.25. The average Bonchev–Trinajstić information content (AvgIpc) is 1.39. The highest BCUT2D eigenvalue weighted by molar-refractivity contribution is 6.04. The van der Waals surface area contributed by atoms with E-state index in [4.69, 9.17) is 15.0 Å². The second kappa shape index (κ2) is 28.5. The predicted octanol–water partition coefficient (Wildman–Crippen LogP) is 30.0. The number of anilines is 12. The first-order valence-electron chi connectivity index (χ1n) is 50.3. The Kier molecular flexibility index (Phi) is 15.6. The minimum Gasteiger partial charge on any atom is -0.309 e. The van der Waals surface area contributed by atoms with Crippen molar-refractivity contribution in [2.75, 3.05) is 19.6 Å². The molecule has 20 aromatic rings. The molecule has 0 saturated carbocycles. The zero-order valence-corrected chi connectivity index (χ0v) is 77.2. The zero-order valence-electron chi connectivity index (χ0n) is 77.2. The smallest absolute Gasteiger partial charge is 0.0716 e. The molecule has 0 N–H and O–H groups in total. The van der Waals surface area contributed by atoms with E-state index in [2.05, 4.69) is 346 Å². The Hall–Kier alpha value is -16.7. The van der Waals surface area contributed by atoms with Gasteiger partial charge in [0.05, 0.1) is 68.3 Å². The van der Waals surface area contributed by atoms with Crippen LogP contribution in [0.4, 0.5) is 68.2 Å². The third-order valence-electron chi connectivity index (χ3n) is 34.4. The number of nitrogens with zero attached hydrogens (tertiary/aromatic N) is 8. The number of hydrogen-bond acceptors (Lipinski definition) is 8. The quantitative estimate of drug-likeness (QED) is 0.149. The highest BCUT2D eigenvalue weighted by Gasteiger charge is 2.45. The first-order chi connectivity index (χ1) is 69.4. The van der Waals surface area contributed by atoms with Crippen LogP contribution in [0.25, 0.3) is 89.0 Å². The minimum absolute atomic E-state index is 0.899. The zero-order chi connectivity index (χ0) is 90.7. The average molecular weight is 1790 g/mol. The van der Waals surface area contributed by atoms with Crippen molar-refractivity contribution in [3.8, 4) is 89.0 Å². The fourth-order valence-corrected chi connectivity index (χ4v) is 28.7. The number of benzene rings is 16. The van der Waals surface area contributed by atoms with Crippen molar-refractivity contribution in [1.82, 2.24) is 19.9 Å². The van der Waals surface area contributed by atoms with Gasteiger partial charge >= 0.3 is 0 Å². The summed E-state index contributed by atoms with van der Waals surface area (Å²) in [4.78, 5) is 29.2. The number of rotatable bonds is 0. The van der Waals surface area contributed by atoms with E-state index in [1.165, 1.54) is 325 Å². The van der Waals surface area contributed by atoms with E-state index in [0.717, 1.165) is 103 Å². The second-order valence-electron chi connectivity index (χ2n) is 41.3. The maximum absolute atomic E-state index is 4.93. The highest BCUT2D eigenvalue weighted by atomic mass is 15.2. The molecule has 0 atom stereocenters. The van der Waals surface area contributed by atoms with Crippen LogP contribution in [0.5, 0.6) is 0 Å². The summed E-state index contributed by atoms with van der Waals surface area (Å²) in [6, 6.07) is 116. The number of hydrogen-bond donors (Lipinski definition) is 0. The molecule has 0 fully saturated rings. The van der Waals surface area contributed by atoms with Gasteiger partial charge < -0.3 is 19.6 Å². The van der Waals surface area contributed by atoms with Crippen LogP contribution in [0.1, 0.15) is 178 Å². The monoisotopic (exact) mass is 1780 g/mol. The van der Waals surface area contributed by atoms with E-state index in [0.29, 0.717) is 0 Å². The van der Waals surface area contributed by atoms with Gasteiger partial charge in [0.1, 0.15) is 0 Å². The van der Waals surface area contributed by atoms with Gasteiger partial charge in [-0.25, -0.2) is 0 Å². The topological polar surface area (TPSA) is 64.5 Å². The molecule has 16 aliphatic rings. The van der Waals surface area contributed by atoms with Gasteiger partial charge in [0.15, 0.2) is 0 Å². The Morgan fingerprint density at radius 3 is 0.936 bits per heavy atom. The number of aromatic nitrogens is 4. The van der Waals surface area contributed by atoms with Crippen molar-refractivity contribution in [3.05, 3.63) is 519 Å². The Bertz CT molecular complexity index is 8510. The lowest BCUT2D eigenvalue weighted by molar-refractivity contribution is 0.960. The van der Waals surface area contributed by atoms with Crippen LogP contribution < -0.4 is 19.6 Å². The third kappa shape index (κ3) is 10.6. The largest absolute Gasteiger partial charge is 0.309 e. The minimum atomic E-state index is 0.899. The lowest BCUT2D eigenvalue weighted by atomic mass is 9.84. The normalized spacial score (nSPS) is 14.9. The molecule has 8 aliphatic carbocycles. The maximum Gasteiger partial charge on any atom is 0.0716 e. The van der Waals surface area contributed by atoms with E-state index in [9.17, 15) is 0 Å². The summed E-state index contributed by atoms with van der Waals surface area (Å²) < 4.78 is 0. The molecule has 12 heterocycles. The SMILES string of the molecule is c1ccc2c(c1)Cc1c-2ccc2c1-c1c(ccc3c1Cc1ccnc4c1N3c1ccccc1C4)C2.c1ccc2c(c1)Cc1c-2ccc2c1-c1c(ccc3c1Cc1cncc4c1N3c1ccccc1C4)C2.c1ccc2c(c1)Cc1c-2ccc2c1-c1c(ccc3c1Cc1nccc4c1N3c1ccccc1C4)C2.c1ccc2c(c1)Cc1c-2ccc2c1Cc1ccc3c(c1-2)Cc1cccc2c1N3c1cccnc1C2. The predicted molar refractivity (Wildman–Crippen MR) is 564 cm³/mol. The molecule has 0 unspecified atom stereocenters. The molecular formula is C132H88N8. The van der Waals surface area contributed by atoms with Gasteiger partial charge in [-0.3, -0.25) is 19.9 Å². The van der Waals surface area contributed by atoms with Crippen LogP contribution in [-0.2, 0) is 103 Å². The third-order valence-corrected chi connectivity index (χ3v) is 34.4. The Balaban J connectivity index is 0.0000000829. The van der Waals surface area contributed by atoms with Gasteiger partial charge in [0.25, 0.3) is 0 Å². The first-order valence-corrected chi connectivity index (χ1v) is 50.3. The van der Waals surface area contributed by atoms with Crippen molar-refractivity contribution in [2.45, 2.75) is 103 Å². The molecule has 0 saturated heterocycles. The maximum atomic E-state index is 4.93. The van der Waals surface area contributed by atoms with Gasteiger partial charge in [-0.05, 0) is 368 Å². The molecule has 656 valence electrons. The van der Waals surface area contributed by atoms with Crippen LogP contribution in [-0.4, -0.2) is 19.9 Å². The first kappa shape index (κ1) is 76.5. The summed E-state index contributed by atoms with van der Waals surface area (Å²) in [5.41, 5.74) is 84.8. The van der Waals surface area contributed by atoms with Crippen molar-refractivity contribution in [3.63, 3.8) is 0 Å². The fraction of sp³-hybridized carbons (Fsp3) is 0.121. The van der Waals surface area contributed by atoms with E-state index in [1.807, 2.05) is 18.6 Å². The summed E-state index contributed by atoms with van der Waals surface area (Å²) >= 11 is 0. The van der Waals surface area contributed by atoms with Gasteiger partial charge in [-0.2, -0.15) is 0 Å². The highest BCUT2D eigenvalue weighted by Crippen LogP contribution is 2.63. The summed E-state index contributed by atoms with van der Waals surface area (Å²) in [6.45, 7) is 0. The molecule has 8 aliphatic heterocycles. The summed E-state index contributed by atoms with van der Waals surface area (Å²) in [5, 5.41) is 0. The fourth-order valence-electron chi connectivity index (χ4n) is 28.7. The molecule has 0 bridgehead atoms. The van der Waals surface area contributed by atoms with Gasteiger partial charge in [0, 0.05) is 99.4 Å². The van der Waals surface area contributed by atoms with Crippen LogP contribution in [0, 0.1) is 0 Å². The summed E-state index contributed by atoms with van der Waals surface area (Å²) in [7, 11) is 0. The molecule has 140 heavy (non-hydrogen) atoms. The van der Waals surface area contributed by atoms with E-state index in [1.54, 1.807) is 11.1 Å². The van der Waals surface area contributed by atoms with Crippen LogP contribution >= 0.6 is 0 Å². The summed E-state index contributed by atoms with van der Waals surface area (Å²) in [5.74, 6) is 0. The van der Waals surface area contributed by atoms with Crippen LogP contribution in [0.3, 0.4) is 0 Å². The van der Waals surface area contributed by atoms with E-state index in [-0.39, 0.29) is 0 Å². The standard InChI is InChI=1S/4C33H22N2/c1-3-7-25-19(5-1)15-27-26(25)11-9-21-14-22-10-12-30-28(32(22)31(21)27)16-24-18-34-17-23-13-20-6-2-4-8-29(20)35(30)33(23)24;1-3-7-24-19(5-1)17-26-25(24)11-9-21-16-22-10-12-30-27(32(22)31(21)26)18-28-33-23(13-14-34-28)15-20-6-2-4-8-29(20)35(30)33;1-3-7-24-19(5-1)16-26-25(24)11-9-21-15-22-10-12-30-27(32(22)31(21)26)17-23-13-14-34-28-18-20-6-2-4-8-29(20)35(30)33(23)28;1-2-8-23-19(5-1)15-26-24(23)11-12-25-27(26)16-20-10-13-30-28(32(20)25)17-21-6-3-7-22-18-29-31(9-4-14-34-29)35(30)33(21)22/h1-12,17-18H,13-16H2;3*1-14H,15-18H2. The second-order valence-corrected chi connectivity index (χ2v) is 41.3. The number of fused-ring (bicyclic) bond motifs is 48. The molecule has 8 nitrogen and oxygen atoms in total. The Labute approximate surface area is 812 Å². The van der Waals surface area contributed by atoms with Crippen LogP contribution in [0.2, 0.25) is 0 Å². The van der Waals surface area contributed by atoms with Crippen molar-refractivity contribution < 1.29 is 0 Å².